The Hall–Kier alpha value is -2.42. The van der Waals surface area contributed by atoms with Crippen molar-refractivity contribution in [1.29, 1.82) is 0 Å². The molecule has 2 aliphatic rings. The van der Waals surface area contributed by atoms with Crippen LogP contribution in [0.5, 0.6) is 0 Å². The van der Waals surface area contributed by atoms with Gasteiger partial charge in [-0.1, -0.05) is 18.2 Å². The van der Waals surface area contributed by atoms with Crippen molar-refractivity contribution in [3.8, 4) is 0 Å². The number of aromatic nitrogens is 3. The van der Waals surface area contributed by atoms with Crippen LogP contribution in [0.15, 0.2) is 34.2 Å². The minimum Gasteiger partial charge on any atom is -0.278 e. The fourth-order valence-electron chi connectivity index (χ4n) is 3.22. The Labute approximate surface area is 158 Å². The largest absolute Gasteiger partial charge is 0.344 e. The number of amides is 2. The van der Waals surface area contributed by atoms with E-state index in [2.05, 4.69) is 10.2 Å². The second-order valence-electron chi connectivity index (χ2n) is 6.82. The van der Waals surface area contributed by atoms with Crippen molar-refractivity contribution < 1.29 is 14.0 Å². The third kappa shape index (κ3) is 3.69. The number of hydrogen-bond donors (Lipinski definition) is 1. The highest BCUT2D eigenvalue weighted by Crippen LogP contribution is 2.38. The van der Waals surface area contributed by atoms with E-state index in [4.69, 9.17) is 0 Å². The van der Waals surface area contributed by atoms with Gasteiger partial charge in [0.15, 0.2) is 5.16 Å². The highest BCUT2D eigenvalue weighted by Gasteiger charge is 2.35. The van der Waals surface area contributed by atoms with Gasteiger partial charge in [0.25, 0.3) is 5.91 Å². The van der Waals surface area contributed by atoms with Gasteiger partial charge in [-0.3, -0.25) is 19.1 Å². The number of rotatable bonds is 4. The maximum absolute atomic E-state index is 13.1. The molecule has 1 atom stereocenters. The Balaban J connectivity index is 1.55. The average molecular weight is 390 g/mol. The van der Waals surface area contributed by atoms with Gasteiger partial charge in [-0.2, -0.15) is 0 Å². The van der Waals surface area contributed by atoms with Gasteiger partial charge in [0, 0.05) is 18.2 Å². The van der Waals surface area contributed by atoms with E-state index in [-0.39, 0.29) is 23.2 Å². The van der Waals surface area contributed by atoms with E-state index in [1.54, 1.807) is 4.57 Å². The summed E-state index contributed by atoms with van der Waals surface area (Å²) >= 11 is 1.24. The average Bonchev–Trinajstić information content (AvgIpc) is 3.45. The van der Waals surface area contributed by atoms with Crippen LogP contribution in [-0.4, -0.2) is 43.3 Å². The minimum atomic E-state index is -0.482. The zero-order valence-corrected chi connectivity index (χ0v) is 15.4. The van der Waals surface area contributed by atoms with Crippen molar-refractivity contribution >= 4 is 23.6 Å². The van der Waals surface area contributed by atoms with Crippen molar-refractivity contribution in [1.82, 2.24) is 19.7 Å². The lowest BCUT2D eigenvalue weighted by molar-refractivity contribution is -0.127. The number of benzene rings is 1. The third-order valence-corrected chi connectivity index (χ3v) is 6.03. The van der Waals surface area contributed by atoms with Gasteiger partial charge < -0.3 is 0 Å². The fraction of sp³-hybridized carbons (Fsp3) is 0.444. The summed E-state index contributed by atoms with van der Waals surface area (Å²) < 4.78 is 14.7. The van der Waals surface area contributed by atoms with Crippen LogP contribution in [0.25, 0.3) is 0 Å². The first kappa shape index (κ1) is 18.0. The molecule has 2 fully saturated rings. The molecule has 4 rings (SSSR count). The number of halogens is 1. The molecule has 27 heavy (non-hydrogen) atoms. The molecule has 9 heteroatoms. The molecular weight excluding hydrogens is 371 g/mol. The second kappa shape index (κ2) is 7.30. The Bertz CT molecular complexity index is 919. The summed E-state index contributed by atoms with van der Waals surface area (Å²) in [5, 5.41) is 6.53. The van der Waals surface area contributed by atoms with Crippen molar-refractivity contribution in [3.63, 3.8) is 0 Å². The third-order valence-electron chi connectivity index (χ3n) is 4.81. The molecule has 1 saturated carbocycles. The monoisotopic (exact) mass is 390 g/mol. The number of carbonyl (C=O) groups excluding carboxylic acids is 2. The number of aromatic amines is 1. The molecule has 0 bridgehead atoms. The summed E-state index contributed by atoms with van der Waals surface area (Å²) in [7, 11) is 0. The fourth-order valence-corrected chi connectivity index (χ4v) is 4.43. The number of likely N-dealkylation sites (tertiary alicyclic amines) is 1. The minimum absolute atomic E-state index is 0.150. The van der Waals surface area contributed by atoms with Crippen molar-refractivity contribution in [2.24, 2.45) is 0 Å². The zero-order valence-electron chi connectivity index (χ0n) is 14.6. The highest BCUT2D eigenvalue weighted by molar-refractivity contribution is 8.00. The molecular formula is C18H19FN4O3S. The number of nitrogens with one attached hydrogen (secondary N) is 1. The molecule has 7 nitrogen and oxygen atoms in total. The normalized spacial score (nSPS) is 20.6. The van der Waals surface area contributed by atoms with E-state index in [9.17, 15) is 18.8 Å². The summed E-state index contributed by atoms with van der Waals surface area (Å²) in [5.41, 5.74) is 0.0189. The summed E-state index contributed by atoms with van der Waals surface area (Å²) in [6, 6.07) is 5.34. The molecule has 2 heterocycles. The number of H-pyrrole nitrogens is 1. The lowest BCUT2D eigenvalue weighted by Crippen LogP contribution is -2.41. The van der Waals surface area contributed by atoms with Gasteiger partial charge in [-0.25, -0.2) is 14.3 Å². The van der Waals surface area contributed by atoms with E-state index >= 15 is 0 Å². The summed E-state index contributed by atoms with van der Waals surface area (Å²) in [6.07, 6.45) is 3.99. The zero-order chi connectivity index (χ0) is 19.0. The first-order valence-electron chi connectivity index (χ1n) is 8.99. The maximum atomic E-state index is 13.1. The van der Waals surface area contributed by atoms with Crippen LogP contribution in [0.4, 0.5) is 4.39 Å². The predicted molar refractivity (Wildman–Crippen MR) is 97.1 cm³/mol. The molecule has 2 amide bonds. The molecule has 2 aromatic rings. The molecule has 1 aliphatic carbocycles. The first-order valence-corrected chi connectivity index (χ1v) is 9.87. The molecule has 0 unspecified atom stereocenters. The molecule has 1 aromatic heterocycles. The van der Waals surface area contributed by atoms with Gasteiger partial charge >= 0.3 is 5.69 Å². The van der Waals surface area contributed by atoms with Gasteiger partial charge in [-0.05, 0) is 49.9 Å². The van der Waals surface area contributed by atoms with E-state index in [0.717, 1.165) is 19.3 Å². The van der Waals surface area contributed by atoms with Crippen LogP contribution in [0, 0.1) is 5.82 Å². The Kier molecular flexibility index (Phi) is 4.86. The number of hydrogen-bond acceptors (Lipinski definition) is 5. The number of carbonyl (C=O) groups is 2. The first-order chi connectivity index (χ1) is 13.0. The van der Waals surface area contributed by atoms with E-state index in [1.807, 2.05) is 0 Å². The van der Waals surface area contributed by atoms with Crippen molar-refractivity contribution in [3.05, 3.63) is 46.1 Å². The molecule has 1 N–H and O–H groups in total. The quantitative estimate of drug-likeness (QED) is 0.810. The second-order valence-corrected chi connectivity index (χ2v) is 7.99. The van der Waals surface area contributed by atoms with Gasteiger partial charge in [-0.15, -0.1) is 5.10 Å². The van der Waals surface area contributed by atoms with Crippen LogP contribution < -0.4 is 5.69 Å². The summed E-state index contributed by atoms with van der Waals surface area (Å²) in [5.74, 6) is -1.14. The smallest absolute Gasteiger partial charge is 0.278 e. The molecule has 0 radical (unpaired) electrons. The summed E-state index contributed by atoms with van der Waals surface area (Å²) in [4.78, 5) is 39.0. The Morgan fingerprint density at radius 2 is 1.89 bits per heavy atom. The van der Waals surface area contributed by atoms with E-state index in [1.165, 1.54) is 40.9 Å². The van der Waals surface area contributed by atoms with E-state index < -0.39 is 17.0 Å². The lowest BCUT2D eigenvalue weighted by Gasteiger charge is -2.22. The Morgan fingerprint density at radius 3 is 2.59 bits per heavy atom. The van der Waals surface area contributed by atoms with Crippen LogP contribution in [0.2, 0.25) is 0 Å². The number of imide groups is 1. The molecule has 0 spiro atoms. The molecule has 142 valence electrons. The van der Waals surface area contributed by atoms with E-state index in [0.29, 0.717) is 24.5 Å². The van der Waals surface area contributed by atoms with Gasteiger partial charge in [0.2, 0.25) is 5.91 Å². The van der Waals surface area contributed by atoms with Gasteiger partial charge in [0.1, 0.15) is 5.82 Å². The highest BCUT2D eigenvalue weighted by atomic mass is 32.2. The SMILES string of the molecule is O=C(c1ccc(F)cc1)N1CCCC[C@H](Sc2n[nH]c(=O)n2C2CC2)C1=O. The predicted octanol–water partition coefficient (Wildman–Crippen LogP) is 2.36. The maximum Gasteiger partial charge on any atom is 0.344 e. The molecule has 1 aliphatic heterocycles. The number of nitrogens with zero attached hydrogens (tertiary/aromatic N) is 3. The standard InChI is InChI=1S/C18H19FN4O3S/c19-12-6-4-11(5-7-12)15(24)22-10-2-1-3-14(16(22)25)27-18-21-20-17(26)23(18)13-8-9-13/h4-7,13-14H,1-3,8-10H2,(H,20,26)/t14-/m0/s1. The van der Waals surface area contributed by atoms with Gasteiger partial charge in [0.05, 0.1) is 5.25 Å². The topological polar surface area (TPSA) is 88.1 Å². The lowest BCUT2D eigenvalue weighted by atomic mass is 10.2. The van der Waals surface area contributed by atoms with Crippen LogP contribution in [0.1, 0.15) is 48.5 Å². The summed E-state index contributed by atoms with van der Waals surface area (Å²) in [6.45, 7) is 0.335. The molecule has 1 saturated heterocycles. The molecule has 1 aromatic carbocycles. The van der Waals surface area contributed by atoms with Crippen LogP contribution in [-0.2, 0) is 4.79 Å². The van der Waals surface area contributed by atoms with Crippen LogP contribution >= 0.6 is 11.8 Å². The van der Waals surface area contributed by atoms with Crippen LogP contribution in [0.3, 0.4) is 0 Å². The van der Waals surface area contributed by atoms with Crippen molar-refractivity contribution in [2.75, 3.05) is 6.54 Å². The Morgan fingerprint density at radius 1 is 1.15 bits per heavy atom. The van der Waals surface area contributed by atoms with Crippen molar-refractivity contribution in [2.45, 2.75) is 48.6 Å². The number of thioether (sulfide) groups is 1.